The molecule has 5 nitrogen and oxygen atoms in total. The van der Waals surface area contributed by atoms with E-state index in [-0.39, 0.29) is 24.3 Å². The molecule has 5 heteroatoms. The van der Waals surface area contributed by atoms with Crippen LogP contribution in [0.5, 0.6) is 11.5 Å². The van der Waals surface area contributed by atoms with Gasteiger partial charge < -0.3 is 19.5 Å². The van der Waals surface area contributed by atoms with Gasteiger partial charge >= 0.3 is 6.09 Å². The number of ether oxygens (including phenoxy) is 3. The first-order valence-corrected chi connectivity index (χ1v) is 5.89. The van der Waals surface area contributed by atoms with Gasteiger partial charge in [0.15, 0.2) is 11.5 Å². The Labute approximate surface area is 105 Å². The van der Waals surface area contributed by atoms with Crippen molar-refractivity contribution < 1.29 is 19.0 Å². The van der Waals surface area contributed by atoms with Gasteiger partial charge in [0.1, 0.15) is 6.61 Å². The SMILES string of the molecule is CC1(C)COC(=O)N[C@H]1c1ccc2c(c1)OCO2. The minimum Gasteiger partial charge on any atom is -0.454 e. The van der Waals surface area contributed by atoms with E-state index in [9.17, 15) is 4.79 Å². The minimum atomic E-state index is -0.378. The zero-order valence-corrected chi connectivity index (χ0v) is 10.4. The number of carbonyl (C=O) groups is 1. The molecule has 0 aliphatic carbocycles. The summed E-state index contributed by atoms with van der Waals surface area (Å²) >= 11 is 0. The lowest BCUT2D eigenvalue weighted by Gasteiger charge is -2.38. The van der Waals surface area contributed by atoms with Crippen molar-refractivity contribution >= 4 is 6.09 Å². The molecule has 18 heavy (non-hydrogen) atoms. The number of rotatable bonds is 1. The lowest BCUT2D eigenvalue weighted by molar-refractivity contribution is 0.0387. The molecule has 1 aromatic carbocycles. The van der Waals surface area contributed by atoms with E-state index in [1.807, 2.05) is 18.2 Å². The van der Waals surface area contributed by atoms with E-state index < -0.39 is 0 Å². The van der Waals surface area contributed by atoms with E-state index in [2.05, 4.69) is 19.2 Å². The van der Waals surface area contributed by atoms with E-state index in [4.69, 9.17) is 14.2 Å². The summed E-state index contributed by atoms with van der Waals surface area (Å²) in [6.07, 6.45) is -0.378. The molecule has 1 fully saturated rings. The average Bonchev–Trinajstić information content (AvgIpc) is 2.79. The Morgan fingerprint density at radius 3 is 2.83 bits per heavy atom. The number of hydrogen-bond acceptors (Lipinski definition) is 4. The number of carbonyl (C=O) groups excluding carboxylic acids is 1. The van der Waals surface area contributed by atoms with E-state index in [0.29, 0.717) is 6.61 Å². The molecule has 1 aromatic rings. The Balaban J connectivity index is 1.95. The van der Waals surface area contributed by atoms with Crippen LogP contribution in [0.1, 0.15) is 25.5 Å². The van der Waals surface area contributed by atoms with Crippen molar-refractivity contribution in [1.29, 1.82) is 0 Å². The minimum absolute atomic E-state index is 0.0896. The summed E-state index contributed by atoms with van der Waals surface area (Å²) in [6.45, 7) is 4.77. The highest BCUT2D eigenvalue weighted by Crippen LogP contribution is 2.40. The van der Waals surface area contributed by atoms with Gasteiger partial charge in [-0.1, -0.05) is 19.9 Å². The van der Waals surface area contributed by atoms with Gasteiger partial charge in [-0.2, -0.15) is 0 Å². The van der Waals surface area contributed by atoms with Crippen LogP contribution in [0.4, 0.5) is 4.79 Å². The third-order valence-corrected chi connectivity index (χ3v) is 3.35. The summed E-state index contributed by atoms with van der Waals surface area (Å²) in [5, 5.41) is 2.86. The van der Waals surface area contributed by atoms with Crippen molar-refractivity contribution in [3.05, 3.63) is 23.8 Å². The zero-order chi connectivity index (χ0) is 12.8. The number of fused-ring (bicyclic) bond motifs is 1. The number of amides is 1. The van der Waals surface area contributed by atoms with Crippen molar-refractivity contribution in [2.75, 3.05) is 13.4 Å². The molecule has 96 valence electrons. The van der Waals surface area contributed by atoms with Gasteiger partial charge in [0, 0.05) is 5.41 Å². The number of cyclic esters (lactones) is 1. The maximum absolute atomic E-state index is 11.4. The molecule has 1 saturated heterocycles. The highest BCUT2D eigenvalue weighted by molar-refractivity contribution is 5.69. The van der Waals surface area contributed by atoms with Gasteiger partial charge in [0.2, 0.25) is 6.79 Å². The molecule has 0 saturated carbocycles. The molecule has 1 N–H and O–H groups in total. The highest BCUT2D eigenvalue weighted by atomic mass is 16.7. The molecule has 1 amide bonds. The first kappa shape index (κ1) is 11.2. The van der Waals surface area contributed by atoms with Gasteiger partial charge in [0.25, 0.3) is 0 Å². The maximum Gasteiger partial charge on any atom is 0.407 e. The third-order valence-electron chi connectivity index (χ3n) is 3.35. The van der Waals surface area contributed by atoms with Gasteiger partial charge in [0.05, 0.1) is 6.04 Å². The topological polar surface area (TPSA) is 56.8 Å². The molecule has 0 bridgehead atoms. The van der Waals surface area contributed by atoms with Crippen LogP contribution in [0.2, 0.25) is 0 Å². The molecule has 0 radical (unpaired) electrons. The number of nitrogens with one attached hydrogen (secondary N) is 1. The molecular formula is C13H15NO4. The van der Waals surface area contributed by atoms with Crippen LogP contribution < -0.4 is 14.8 Å². The lowest BCUT2D eigenvalue weighted by atomic mass is 9.80. The Morgan fingerprint density at radius 2 is 2.00 bits per heavy atom. The summed E-state index contributed by atoms with van der Waals surface area (Å²) in [4.78, 5) is 11.4. The molecule has 2 aliphatic heterocycles. The molecule has 0 spiro atoms. The molecule has 2 aliphatic rings. The second-order valence-electron chi connectivity index (χ2n) is 5.25. The second kappa shape index (κ2) is 3.80. The smallest absolute Gasteiger partial charge is 0.407 e. The van der Waals surface area contributed by atoms with Crippen LogP contribution in [0, 0.1) is 5.41 Å². The van der Waals surface area contributed by atoms with Crippen LogP contribution in [-0.4, -0.2) is 19.5 Å². The van der Waals surface area contributed by atoms with E-state index in [1.54, 1.807) is 0 Å². The van der Waals surface area contributed by atoms with Crippen LogP contribution in [0.3, 0.4) is 0 Å². The van der Waals surface area contributed by atoms with Crippen molar-refractivity contribution in [3.8, 4) is 11.5 Å². The monoisotopic (exact) mass is 249 g/mol. The normalized spacial score (nSPS) is 24.3. The van der Waals surface area contributed by atoms with Gasteiger partial charge in [-0.15, -0.1) is 0 Å². The van der Waals surface area contributed by atoms with Crippen LogP contribution >= 0.6 is 0 Å². The molecule has 3 rings (SSSR count). The Morgan fingerprint density at radius 1 is 1.22 bits per heavy atom. The highest BCUT2D eigenvalue weighted by Gasteiger charge is 2.38. The summed E-state index contributed by atoms with van der Waals surface area (Å²) in [6, 6.07) is 5.65. The van der Waals surface area contributed by atoms with Gasteiger partial charge in [-0.05, 0) is 17.7 Å². The largest absolute Gasteiger partial charge is 0.454 e. The van der Waals surface area contributed by atoms with Gasteiger partial charge in [-0.25, -0.2) is 4.79 Å². The number of hydrogen-bond donors (Lipinski definition) is 1. The van der Waals surface area contributed by atoms with Crippen LogP contribution in [-0.2, 0) is 4.74 Å². The van der Waals surface area contributed by atoms with Crippen molar-refractivity contribution in [1.82, 2.24) is 5.32 Å². The summed E-state index contributed by atoms with van der Waals surface area (Å²) in [7, 11) is 0. The second-order valence-corrected chi connectivity index (χ2v) is 5.25. The molecule has 0 unspecified atom stereocenters. The van der Waals surface area contributed by atoms with E-state index in [1.165, 1.54) is 0 Å². The van der Waals surface area contributed by atoms with Gasteiger partial charge in [-0.3, -0.25) is 0 Å². The fourth-order valence-corrected chi connectivity index (χ4v) is 2.32. The Kier molecular flexibility index (Phi) is 2.36. The lowest BCUT2D eigenvalue weighted by Crippen LogP contribution is -2.46. The van der Waals surface area contributed by atoms with E-state index >= 15 is 0 Å². The molecule has 0 aromatic heterocycles. The van der Waals surface area contributed by atoms with Crippen LogP contribution in [0.25, 0.3) is 0 Å². The van der Waals surface area contributed by atoms with E-state index in [0.717, 1.165) is 17.1 Å². The third kappa shape index (κ3) is 1.75. The fraction of sp³-hybridized carbons (Fsp3) is 0.462. The van der Waals surface area contributed by atoms with Crippen molar-refractivity contribution in [3.63, 3.8) is 0 Å². The number of benzene rings is 1. The molecule has 2 heterocycles. The quantitative estimate of drug-likeness (QED) is 0.829. The first-order valence-electron chi connectivity index (χ1n) is 5.89. The number of alkyl carbamates (subject to hydrolysis) is 1. The summed E-state index contributed by atoms with van der Waals surface area (Å²) in [5.41, 5.74) is 0.836. The predicted octanol–water partition coefficient (Wildman–Crippen LogP) is 2.22. The standard InChI is InChI=1S/C13H15NO4/c1-13(2)6-16-12(15)14-11(13)8-3-4-9-10(5-8)18-7-17-9/h3-5,11H,6-7H2,1-2H3,(H,14,15)/t11-/m0/s1. The summed E-state index contributed by atoms with van der Waals surface area (Å²) < 4.78 is 15.7. The Hall–Kier alpha value is -1.91. The zero-order valence-electron chi connectivity index (χ0n) is 10.4. The maximum atomic E-state index is 11.4. The first-order chi connectivity index (χ1) is 8.56. The molecular weight excluding hydrogens is 234 g/mol. The fourth-order valence-electron chi connectivity index (χ4n) is 2.32. The average molecular weight is 249 g/mol. The Bertz CT molecular complexity index is 498. The van der Waals surface area contributed by atoms with Crippen molar-refractivity contribution in [2.45, 2.75) is 19.9 Å². The summed E-state index contributed by atoms with van der Waals surface area (Å²) in [5.74, 6) is 1.47. The predicted molar refractivity (Wildman–Crippen MR) is 63.6 cm³/mol. The molecule has 1 atom stereocenters. The van der Waals surface area contributed by atoms with Crippen LogP contribution in [0.15, 0.2) is 18.2 Å². The van der Waals surface area contributed by atoms with Crippen molar-refractivity contribution in [2.24, 2.45) is 5.41 Å².